The molecule has 0 saturated carbocycles. The van der Waals surface area contributed by atoms with Crippen LogP contribution in [0.5, 0.6) is 0 Å². The molecule has 1 aromatic rings. The minimum Gasteiger partial charge on any atom is -0.349 e. The molecule has 0 heterocycles. The van der Waals surface area contributed by atoms with Crippen LogP contribution in [0.1, 0.15) is 35.7 Å². The van der Waals surface area contributed by atoms with E-state index in [1.54, 1.807) is 13.0 Å². The van der Waals surface area contributed by atoms with E-state index in [2.05, 4.69) is 5.32 Å². The average molecular weight is 285 g/mol. The number of nitrogens with one attached hydrogen (secondary N) is 1. The third-order valence-corrected chi connectivity index (χ3v) is 3.10. The molecular weight excluding hydrogens is 268 g/mol. The first-order chi connectivity index (χ1) is 8.99. The van der Waals surface area contributed by atoms with Crippen molar-refractivity contribution in [1.82, 2.24) is 5.32 Å². The molecule has 0 aliphatic heterocycles. The number of hydrogen-bond acceptors (Lipinski definition) is 3. The standard InChI is InChI=1S/C13H17ClN2O3/c1-3-10(6-7-14)15-13(17)11-8-9(2)4-5-12(11)16(18)19/h4-5,8,10H,3,6-7H2,1-2H3,(H,15,17). The van der Waals surface area contributed by atoms with Gasteiger partial charge in [-0.05, 0) is 31.4 Å². The molecule has 0 aliphatic rings. The van der Waals surface area contributed by atoms with Crippen LogP contribution in [-0.4, -0.2) is 22.8 Å². The van der Waals surface area contributed by atoms with Crippen molar-refractivity contribution in [1.29, 1.82) is 0 Å². The molecule has 6 heteroatoms. The molecule has 0 spiro atoms. The summed E-state index contributed by atoms with van der Waals surface area (Å²) >= 11 is 5.65. The Kier molecular flexibility index (Phi) is 5.76. The summed E-state index contributed by atoms with van der Waals surface area (Å²) in [5, 5.41) is 13.7. The van der Waals surface area contributed by atoms with Crippen LogP contribution in [0.2, 0.25) is 0 Å². The van der Waals surface area contributed by atoms with Gasteiger partial charge in [-0.1, -0.05) is 13.0 Å². The van der Waals surface area contributed by atoms with Gasteiger partial charge in [0.15, 0.2) is 0 Å². The average Bonchev–Trinajstić information content (AvgIpc) is 2.37. The predicted octanol–water partition coefficient (Wildman–Crippen LogP) is 3.04. The topological polar surface area (TPSA) is 72.2 Å². The summed E-state index contributed by atoms with van der Waals surface area (Å²) in [6, 6.07) is 4.43. The van der Waals surface area contributed by atoms with Gasteiger partial charge in [0.1, 0.15) is 5.56 Å². The number of amides is 1. The Morgan fingerprint density at radius 2 is 2.21 bits per heavy atom. The molecule has 0 fully saturated rings. The summed E-state index contributed by atoms with van der Waals surface area (Å²) in [5.41, 5.74) is 0.725. The maximum absolute atomic E-state index is 12.1. The lowest BCUT2D eigenvalue weighted by atomic mass is 10.1. The predicted molar refractivity (Wildman–Crippen MR) is 74.7 cm³/mol. The summed E-state index contributed by atoms with van der Waals surface area (Å²) in [6.45, 7) is 3.72. The maximum atomic E-state index is 12.1. The Bertz CT molecular complexity index is 477. The number of nitrogens with zero attached hydrogens (tertiary/aromatic N) is 1. The van der Waals surface area contributed by atoms with Crippen molar-refractivity contribution in [2.24, 2.45) is 0 Å². The highest BCUT2D eigenvalue weighted by Crippen LogP contribution is 2.20. The number of hydrogen-bond donors (Lipinski definition) is 1. The van der Waals surface area contributed by atoms with E-state index in [1.165, 1.54) is 12.1 Å². The van der Waals surface area contributed by atoms with Gasteiger partial charge in [-0.2, -0.15) is 0 Å². The fraction of sp³-hybridized carbons (Fsp3) is 0.462. The Morgan fingerprint density at radius 3 is 2.74 bits per heavy atom. The zero-order valence-electron chi connectivity index (χ0n) is 11.0. The molecule has 19 heavy (non-hydrogen) atoms. The Hall–Kier alpha value is -1.62. The molecule has 104 valence electrons. The monoisotopic (exact) mass is 284 g/mol. The third kappa shape index (κ3) is 4.21. The molecule has 5 nitrogen and oxygen atoms in total. The van der Waals surface area contributed by atoms with Crippen molar-refractivity contribution in [3.05, 3.63) is 39.4 Å². The smallest absolute Gasteiger partial charge is 0.282 e. The summed E-state index contributed by atoms with van der Waals surface area (Å²) in [4.78, 5) is 22.5. The zero-order chi connectivity index (χ0) is 14.4. The normalized spacial score (nSPS) is 11.9. The van der Waals surface area contributed by atoms with Crippen LogP contribution in [0.3, 0.4) is 0 Å². The van der Waals surface area contributed by atoms with E-state index < -0.39 is 10.8 Å². The molecule has 1 amide bonds. The molecule has 1 N–H and O–H groups in total. The summed E-state index contributed by atoms with van der Waals surface area (Å²) in [7, 11) is 0. The van der Waals surface area contributed by atoms with E-state index in [-0.39, 0.29) is 17.3 Å². The Labute approximate surface area is 117 Å². The van der Waals surface area contributed by atoms with Crippen LogP contribution in [0.4, 0.5) is 5.69 Å². The highest BCUT2D eigenvalue weighted by molar-refractivity contribution is 6.17. The van der Waals surface area contributed by atoms with Gasteiger partial charge in [0, 0.05) is 18.0 Å². The van der Waals surface area contributed by atoms with Crippen molar-refractivity contribution >= 4 is 23.2 Å². The summed E-state index contributed by atoms with van der Waals surface area (Å²) in [5.74, 6) is 0.0154. The third-order valence-electron chi connectivity index (χ3n) is 2.88. The van der Waals surface area contributed by atoms with E-state index in [1.807, 2.05) is 6.92 Å². The zero-order valence-corrected chi connectivity index (χ0v) is 11.7. The first kappa shape index (κ1) is 15.4. The molecular formula is C13H17ClN2O3. The van der Waals surface area contributed by atoms with Gasteiger partial charge >= 0.3 is 0 Å². The fourth-order valence-corrected chi connectivity index (χ4v) is 2.03. The number of carbonyl (C=O) groups excluding carboxylic acids is 1. The second-order valence-electron chi connectivity index (χ2n) is 4.33. The second-order valence-corrected chi connectivity index (χ2v) is 4.71. The van der Waals surface area contributed by atoms with Crippen LogP contribution in [0, 0.1) is 17.0 Å². The lowest BCUT2D eigenvalue weighted by Gasteiger charge is -2.15. The largest absolute Gasteiger partial charge is 0.349 e. The van der Waals surface area contributed by atoms with Crippen LogP contribution in [0.15, 0.2) is 18.2 Å². The molecule has 0 radical (unpaired) electrons. The van der Waals surface area contributed by atoms with Gasteiger partial charge in [0.25, 0.3) is 11.6 Å². The number of halogens is 1. The molecule has 1 aromatic carbocycles. The van der Waals surface area contributed by atoms with Gasteiger partial charge in [-0.15, -0.1) is 11.6 Å². The molecule has 1 rings (SSSR count). The Morgan fingerprint density at radius 1 is 1.53 bits per heavy atom. The minimum atomic E-state index is -0.545. The highest BCUT2D eigenvalue weighted by atomic mass is 35.5. The number of carbonyl (C=O) groups is 1. The van der Waals surface area contributed by atoms with E-state index in [0.29, 0.717) is 12.3 Å². The Balaban J connectivity index is 2.98. The van der Waals surface area contributed by atoms with Crippen LogP contribution in [0.25, 0.3) is 0 Å². The van der Waals surface area contributed by atoms with Crippen molar-refractivity contribution in [3.63, 3.8) is 0 Å². The van der Waals surface area contributed by atoms with Crippen LogP contribution >= 0.6 is 11.6 Å². The number of benzene rings is 1. The van der Waals surface area contributed by atoms with Crippen molar-refractivity contribution in [2.45, 2.75) is 32.7 Å². The first-order valence-corrected chi connectivity index (χ1v) is 6.64. The van der Waals surface area contributed by atoms with Gasteiger partial charge in [-0.3, -0.25) is 14.9 Å². The van der Waals surface area contributed by atoms with Gasteiger partial charge < -0.3 is 5.32 Å². The number of aryl methyl sites for hydroxylation is 1. The van der Waals surface area contributed by atoms with E-state index in [0.717, 1.165) is 12.0 Å². The van der Waals surface area contributed by atoms with E-state index in [4.69, 9.17) is 11.6 Å². The highest BCUT2D eigenvalue weighted by Gasteiger charge is 2.21. The quantitative estimate of drug-likeness (QED) is 0.496. The number of nitro groups is 1. The fourth-order valence-electron chi connectivity index (χ4n) is 1.76. The number of rotatable bonds is 6. The number of alkyl halides is 1. The second kappa shape index (κ2) is 7.09. The van der Waals surface area contributed by atoms with Crippen LogP contribution in [-0.2, 0) is 0 Å². The minimum absolute atomic E-state index is 0.0647. The SMILES string of the molecule is CCC(CCCl)NC(=O)c1cc(C)ccc1[N+](=O)[O-]. The summed E-state index contributed by atoms with van der Waals surface area (Å²) in [6.07, 6.45) is 1.38. The molecule has 1 unspecified atom stereocenters. The molecule has 0 aromatic heterocycles. The molecule has 0 bridgehead atoms. The van der Waals surface area contributed by atoms with Crippen molar-refractivity contribution in [2.75, 3.05) is 5.88 Å². The molecule has 0 aliphatic carbocycles. The first-order valence-electron chi connectivity index (χ1n) is 6.11. The van der Waals surface area contributed by atoms with Gasteiger partial charge in [-0.25, -0.2) is 0 Å². The maximum Gasteiger partial charge on any atom is 0.282 e. The van der Waals surface area contributed by atoms with Crippen LogP contribution < -0.4 is 5.32 Å². The molecule has 1 atom stereocenters. The van der Waals surface area contributed by atoms with Crippen molar-refractivity contribution < 1.29 is 9.72 Å². The van der Waals surface area contributed by atoms with Crippen molar-refractivity contribution in [3.8, 4) is 0 Å². The van der Waals surface area contributed by atoms with Gasteiger partial charge in [0.05, 0.1) is 4.92 Å². The van der Waals surface area contributed by atoms with E-state index in [9.17, 15) is 14.9 Å². The van der Waals surface area contributed by atoms with Gasteiger partial charge in [0.2, 0.25) is 0 Å². The lowest BCUT2D eigenvalue weighted by Crippen LogP contribution is -2.35. The van der Waals surface area contributed by atoms with E-state index >= 15 is 0 Å². The number of nitro benzene ring substituents is 1. The lowest BCUT2D eigenvalue weighted by molar-refractivity contribution is -0.385. The molecule has 0 saturated heterocycles. The summed E-state index contributed by atoms with van der Waals surface area (Å²) < 4.78 is 0.